The maximum atomic E-state index is 10.3. The van der Waals surface area contributed by atoms with E-state index in [0.29, 0.717) is 5.92 Å². The Hall–Kier alpha value is 0.230. The van der Waals surface area contributed by atoms with E-state index < -0.39 is 12.2 Å². The highest BCUT2D eigenvalue weighted by atomic mass is 32.2. The number of hydrogen-bond acceptors (Lipinski definition) is 4. The highest BCUT2D eigenvalue weighted by Gasteiger charge is 2.45. The van der Waals surface area contributed by atoms with Crippen LogP contribution in [0.25, 0.3) is 0 Å². The lowest BCUT2D eigenvalue weighted by molar-refractivity contribution is -0.122. The van der Waals surface area contributed by atoms with Gasteiger partial charge in [-0.15, -0.1) is 0 Å². The first-order valence-electron chi connectivity index (χ1n) is 6.78. The van der Waals surface area contributed by atoms with Crippen molar-refractivity contribution in [3.8, 4) is 0 Å². The van der Waals surface area contributed by atoms with Gasteiger partial charge in [-0.1, -0.05) is 0 Å². The van der Waals surface area contributed by atoms with Gasteiger partial charge in [-0.25, -0.2) is 0 Å². The van der Waals surface area contributed by atoms with Gasteiger partial charge in [0.25, 0.3) is 0 Å². The van der Waals surface area contributed by atoms with Crippen molar-refractivity contribution in [1.82, 2.24) is 0 Å². The smallest absolute Gasteiger partial charge is 0.0831 e. The number of rotatable bonds is 3. The average Bonchev–Trinajstić information content (AvgIpc) is 3.11. The van der Waals surface area contributed by atoms with Gasteiger partial charge in [0.15, 0.2) is 0 Å². The third-order valence-electron chi connectivity index (χ3n) is 4.54. The van der Waals surface area contributed by atoms with Gasteiger partial charge in [-0.3, -0.25) is 0 Å². The summed E-state index contributed by atoms with van der Waals surface area (Å²) in [7, 11) is 0. The van der Waals surface area contributed by atoms with Gasteiger partial charge in [0.2, 0.25) is 0 Å². The van der Waals surface area contributed by atoms with E-state index in [4.69, 9.17) is 4.74 Å². The zero-order valence-electron chi connectivity index (χ0n) is 10.2. The Kier molecular flexibility index (Phi) is 3.41. The molecule has 3 rings (SSSR count). The molecule has 1 spiro atoms. The Labute approximate surface area is 107 Å². The molecule has 3 aliphatic rings. The van der Waals surface area contributed by atoms with Crippen LogP contribution < -0.4 is 0 Å². The summed E-state index contributed by atoms with van der Waals surface area (Å²) in [6.07, 6.45) is 4.09. The van der Waals surface area contributed by atoms with Crippen LogP contribution in [0.4, 0.5) is 0 Å². The molecule has 0 amide bonds. The van der Waals surface area contributed by atoms with E-state index in [0.717, 1.165) is 44.5 Å². The van der Waals surface area contributed by atoms with Gasteiger partial charge < -0.3 is 14.9 Å². The van der Waals surface area contributed by atoms with Gasteiger partial charge in [0.1, 0.15) is 0 Å². The average molecular weight is 258 g/mol. The van der Waals surface area contributed by atoms with E-state index in [1.807, 2.05) is 11.8 Å². The van der Waals surface area contributed by atoms with Crippen molar-refractivity contribution >= 4 is 11.8 Å². The van der Waals surface area contributed by atoms with E-state index in [9.17, 15) is 10.2 Å². The van der Waals surface area contributed by atoms with Crippen LogP contribution in [-0.4, -0.2) is 46.1 Å². The van der Waals surface area contributed by atoms with E-state index in [1.54, 1.807) is 0 Å². The van der Waals surface area contributed by atoms with Crippen molar-refractivity contribution < 1.29 is 14.9 Å². The molecule has 2 saturated heterocycles. The molecule has 17 heavy (non-hydrogen) atoms. The van der Waals surface area contributed by atoms with Crippen LogP contribution >= 0.6 is 11.8 Å². The molecule has 0 aromatic heterocycles. The molecule has 2 aliphatic heterocycles. The highest BCUT2D eigenvalue weighted by molar-refractivity contribution is 7.99. The molecule has 0 radical (unpaired) electrons. The Balaban J connectivity index is 1.62. The number of aliphatic hydroxyl groups excluding tert-OH is 2. The zero-order chi connectivity index (χ0) is 11.9. The number of hydrogen-bond donors (Lipinski definition) is 2. The Morgan fingerprint density at radius 1 is 1.12 bits per heavy atom. The zero-order valence-corrected chi connectivity index (χ0v) is 11.0. The minimum atomic E-state index is -0.533. The fourth-order valence-electron chi connectivity index (χ4n) is 3.22. The van der Waals surface area contributed by atoms with Crippen molar-refractivity contribution in [2.75, 3.05) is 18.1 Å². The summed E-state index contributed by atoms with van der Waals surface area (Å²) >= 11 is 1.95. The van der Waals surface area contributed by atoms with E-state index in [2.05, 4.69) is 0 Å². The minimum absolute atomic E-state index is 0.0117. The molecule has 0 aromatic carbocycles. The molecule has 2 heterocycles. The lowest BCUT2D eigenvalue weighted by Crippen LogP contribution is -2.46. The first-order chi connectivity index (χ1) is 8.20. The first kappa shape index (κ1) is 12.3. The van der Waals surface area contributed by atoms with Crippen LogP contribution in [0.5, 0.6) is 0 Å². The largest absolute Gasteiger partial charge is 0.390 e. The molecular weight excluding hydrogens is 236 g/mol. The summed E-state index contributed by atoms with van der Waals surface area (Å²) < 4.78 is 5.95. The van der Waals surface area contributed by atoms with Crippen molar-refractivity contribution in [3.63, 3.8) is 0 Å². The Morgan fingerprint density at radius 3 is 2.53 bits per heavy atom. The number of thioether (sulfide) groups is 1. The molecule has 4 unspecified atom stereocenters. The van der Waals surface area contributed by atoms with Crippen LogP contribution in [0.3, 0.4) is 0 Å². The van der Waals surface area contributed by atoms with Gasteiger partial charge in [-0.2, -0.15) is 11.8 Å². The summed E-state index contributed by atoms with van der Waals surface area (Å²) in [5.41, 5.74) is 0.0117. The molecule has 0 bridgehead atoms. The van der Waals surface area contributed by atoms with E-state index in [1.165, 1.54) is 5.75 Å². The molecule has 2 N–H and O–H groups in total. The normalized spacial score (nSPS) is 41.6. The summed E-state index contributed by atoms with van der Waals surface area (Å²) in [4.78, 5) is 0. The predicted molar refractivity (Wildman–Crippen MR) is 68.1 cm³/mol. The summed E-state index contributed by atoms with van der Waals surface area (Å²) in [5.74, 6) is 2.84. The van der Waals surface area contributed by atoms with E-state index in [-0.39, 0.29) is 11.5 Å². The third kappa shape index (κ3) is 2.50. The van der Waals surface area contributed by atoms with Crippen LogP contribution in [0.1, 0.15) is 32.1 Å². The van der Waals surface area contributed by atoms with Crippen molar-refractivity contribution in [1.29, 1.82) is 0 Å². The van der Waals surface area contributed by atoms with Crippen molar-refractivity contribution in [2.45, 2.75) is 49.9 Å². The second-order valence-electron chi connectivity index (χ2n) is 5.91. The molecule has 4 heteroatoms. The molecule has 1 aliphatic carbocycles. The van der Waals surface area contributed by atoms with Crippen molar-refractivity contribution in [2.24, 2.45) is 11.8 Å². The van der Waals surface area contributed by atoms with Crippen LogP contribution in [0, 0.1) is 11.8 Å². The maximum absolute atomic E-state index is 10.3. The molecule has 98 valence electrons. The maximum Gasteiger partial charge on any atom is 0.0831 e. The summed E-state index contributed by atoms with van der Waals surface area (Å²) in [6.45, 7) is 0.750. The van der Waals surface area contributed by atoms with Crippen molar-refractivity contribution in [3.05, 3.63) is 0 Å². The van der Waals surface area contributed by atoms with Crippen LogP contribution in [-0.2, 0) is 4.74 Å². The van der Waals surface area contributed by atoms with Gasteiger partial charge in [-0.05, 0) is 49.7 Å². The number of aliphatic hydroxyl groups is 2. The van der Waals surface area contributed by atoms with Gasteiger partial charge in [0.05, 0.1) is 17.8 Å². The van der Waals surface area contributed by atoms with Crippen LogP contribution in [0.15, 0.2) is 0 Å². The first-order valence-corrected chi connectivity index (χ1v) is 7.93. The number of ether oxygens (including phenoxy) is 1. The highest BCUT2D eigenvalue weighted by Crippen LogP contribution is 2.43. The molecule has 1 saturated carbocycles. The lowest BCUT2D eigenvalue weighted by Gasteiger charge is -2.40. The molecule has 3 fully saturated rings. The van der Waals surface area contributed by atoms with Gasteiger partial charge in [0, 0.05) is 12.4 Å². The fourth-order valence-corrected chi connectivity index (χ4v) is 4.59. The fraction of sp³-hybridized carbons (Fsp3) is 1.00. The summed E-state index contributed by atoms with van der Waals surface area (Å²) in [6, 6.07) is 0. The second kappa shape index (κ2) is 4.72. The predicted octanol–water partition coefficient (Wildman–Crippen LogP) is 1.42. The summed E-state index contributed by atoms with van der Waals surface area (Å²) in [5, 5.41) is 20.3. The minimum Gasteiger partial charge on any atom is -0.390 e. The van der Waals surface area contributed by atoms with E-state index >= 15 is 0 Å². The lowest BCUT2D eigenvalue weighted by atomic mass is 9.80. The molecule has 4 atom stereocenters. The monoisotopic (exact) mass is 258 g/mol. The Morgan fingerprint density at radius 2 is 1.88 bits per heavy atom. The molecule has 0 aromatic rings. The topological polar surface area (TPSA) is 49.7 Å². The quantitative estimate of drug-likeness (QED) is 0.804. The SMILES string of the molecule is OC(C1CC1)C(O)C1CCOC2(CCSC2)C1. The van der Waals surface area contributed by atoms with Crippen LogP contribution in [0.2, 0.25) is 0 Å². The van der Waals surface area contributed by atoms with Gasteiger partial charge >= 0.3 is 0 Å². The third-order valence-corrected chi connectivity index (χ3v) is 5.76. The molecular formula is C13H22O3S. The second-order valence-corrected chi connectivity index (χ2v) is 7.01. The standard InChI is InChI=1S/C13H22O3S/c14-11(9-1-2-9)12(15)10-3-5-16-13(7-10)4-6-17-8-13/h9-12,14-15H,1-8H2. The Bertz CT molecular complexity index is 274. The molecule has 3 nitrogen and oxygen atoms in total.